The number of anilines is 1. The molecule has 1 aliphatic rings. The number of hydrogen-bond acceptors (Lipinski definition) is 3. The SMILES string of the molecule is Cc1ccc(NC(=S)NC(=O)C2CCCCC2)nc1. The maximum atomic E-state index is 12.0. The fourth-order valence-electron chi connectivity index (χ4n) is 2.27. The lowest BCUT2D eigenvalue weighted by molar-refractivity contribution is -0.124. The van der Waals surface area contributed by atoms with Crippen molar-refractivity contribution in [3.63, 3.8) is 0 Å². The number of amides is 1. The van der Waals surface area contributed by atoms with Crippen molar-refractivity contribution in [2.24, 2.45) is 5.92 Å². The average Bonchev–Trinajstić information content (AvgIpc) is 2.42. The van der Waals surface area contributed by atoms with Gasteiger partial charge in [0, 0.05) is 12.1 Å². The maximum Gasteiger partial charge on any atom is 0.229 e. The summed E-state index contributed by atoms with van der Waals surface area (Å²) in [6.07, 6.45) is 7.21. The molecule has 1 saturated carbocycles. The lowest BCUT2D eigenvalue weighted by Crippen LogP contribution is -2.39. The van der Waals surface area contributed by atoms with Gasteiger partial charge in [-0.2, -0.15) is 0 Å². The van der Waals surface area contributed by atoms with E-state index in [4.69, 9.17) is 12.2 Å². The molecule has 0 atom stereocenters. The number of carbonyl (C=O) groups excluding carboxylic acids is 1. The van der Waals surface area contributed by atoms with E-state index in [0.717, 1.165) is 31.2 Å². The van der Waals surface area contributed by atoms with Gasteiger partial charge in [0.05, 0.1) is 0 Å². The predicted octanol–water partition coefficient (Wildman–Crippen LogP) is 2.78. The zero-order valence-corrected chi connectivity index (χ0v) is 11.9. The van der Waals surface area contributed by atoms with Gasteiger partial charge >= 0.3 is 0 Å². The number of pyridine rings is 1. The van der Waals surface area contributed by atoms with Crippen LogP contribution in [0.2, 0.25) is 0 Å². The molecule has 102 valence electrons. The summed E-state index contributed by atoms with van der Waals surface area (Å²) in [4.78, 5) is 16.2. The van der Waals surface area contributed by atoms with Crippen LogP contribution in [0.25, 0.3) is 0 Å². The highest BCUT2D eigenvalue weighted by Gasteiger charge is 2.21. The average molecular weight is 277 g/mol. The summed E-state index contributed by atoms with van der Waals surface area (Å²) in [5.74, 6) is 0.795. The lowest BCUT2D eigenvalue weighted by Gasteiger charge is -2.21. The standard InChI is InChI=1S/C14H19N3OS/c1-10-7-8-12(15-9-10)16-14(19)17-13(18)11-5-3-2-4-6-11/h7-9,11H,2-6H2,1H3,(H2,15,16,17,18,19). The fraction of sp³-hybridized carbons (Fsp3) is 0.500. The Kier molecular flexibility index (Phi) is 4.85. The van der Waals surface area contributed by atoms with Crippen molar-refractivity contribution in [1.29, 1.82) is 0 Å². The number of nitrogens with one attached hydrogen (secondary N) is 2. The molecule has 19 heavy (non-hydrogen) atoms. The summed E-state index contributed by atoms with van der Waals surface area (Å²) >= 11 is 5.13. The van der Waals surface area contributed by atoms with Crippen LogP contribution in [0, 0.1) is 12.8 Å². The third kappa shape index (κ3) is 4.28. The topological polar surface area (TPSA) is 54.0 Å². The molecule has 0 spiro atoms. The van der Waals surface area contributed by atoms with Crippen LogP contribution in [0.4, 0.5) is 5.82 Å². The Bertz CT molecular complexity index is 452. The second kappa shape index (κ2) is 6.61. The Morgan fingerprint density at radius 3 is 2.68 bits per heavy atom. The minimum Gasteiger partial charge on any atom is -0.317 e. The van der Waals surface area contributed by atoms with Crippen LogP contribution in [-0.2, 0) is 4.79 Å². The molecule has 0 radical (unpaired) electrons. The molecule has 1 aliphatic carbocycles. The molecule has 4 nitrogen and oxygen atoms in total. The van der Waals surface area contributed by atoms with Crippen LogP contribution in [0.1, 0.15) is 37.7 Å². The second-order valence-electron chi connectivity index (χ2n) is 5.00. The third-order valence-electron chi connectivity index (χ3n) is 3.37. The van der Waals surface area contributed by atoms with Gasteiger partial charge in [-0.15, -0.1) is 0 Å². The molecule has 0 bridgehead atoms. The molecule has 1 aromatic heterocycles. The Morgan fingerprint density at radius 2 is 2.05 bits per heavy atom. The number of aryl methyl sites for hydroxylation is 1. The molecule has 2 N–H and O–H groups in total. The van der Waals surface area contributed by atoms with Gasteiger partial charge in [0.1, 0.15) is 5.82 Å². The van der Waals surface area contributed by atoms with Crippen molar-refractivity contribution in [2.45, 2.75) is 39.0 Å². The van der Waals surface area contributed by atoms with Crippen LogP contribution in [0.3, 0.4) is 0 Å². The maximum absolute atomic E-state index is 12.0. The predicted molar refractivity (Wildman–Crippen MR) is 79.9 cm³/mol. The van der Waals surface area contributed by atoms with Gasteiger partial charge in [-0.3, -0.25) is 4.79 Å². The number of thiocarbonyl (C=S) groups is 1. The molecule has 0 aliphatic heterocycles. The fourth-order valence-corrected chi connectivity index (χ4v) is 2.47. The first kappa shape index (κ1) is 13.9. The summed E-state index contributed by atoms with van der Waals surface area (Å²) in [6.45, 7) is 1.97. The molecule has 0 aromatic carbocycles. The molecule has 1 heterocycles. The molecule has 0 saturated heterocycles. The van der Waals surface area contributed by atoms with Gasteiger partial charge in [0.15, 0.2) is 5.11 Å². The highest BCUT2D eigenvalue weighted by Crippen LogP contribution is 2.23. The first-order valence-electron chi connectivity index (χ1n) is 6.69. The Balaban J connectivity index is 1.83. The normalized spacial score (nSPS) is 15.8. The van der Waals surface area contributed by atoms with Crippen molar-refractivity contribution in [1.82, 2.24) is 10.3 Å². The second-order valence-corrected chi connectivity index (χ2v) is 5.41. The van der Waals surface area contributed by atoms with Crippen LogP contribution >= 0.6 is 12.2 Å². The van der Waals surface area contributed by atoms with E-state index in [1.807, 2.05) is 19.1 Å². The molecular formula is C14H19N3OS. The lowest BCUT2D eigenvalue weighted by atomic mass is 9.89. The Morgan fingerprint density at radius 1 is 1.32 bits per heavy atom. The van der Waals surface area contributed by atoms with E-state index in [1.165, 1.54) is 6.42 Å². The smallest absolute Gasteiger partial charge is 0.229 e. The number of hydrogen-bond donors (Lipinski definition) is 2. The summed E-state index contributed by atoms with van der Waals surface area (Å²) in [6, 6.07) is 3.79. The monoisotopic (exact) mass is 277 g/mol. The zero-order valence-electron chi connectivity index (χ0n) is 11.1. The molecule has 1 aromatic rings. The van der Waals surface area contributed by atoms with E-state index in [2.05, 4.69) is 15.6 Å². The van der Waals surface area contributed by atoms with Crippen molar-refractivity contribution in [3.8, 4) is 0 Å². The Labute approximate surface area is 119 Å². The van der Waals surface area contributed by atoms with Crippen molar-refractivity contribution in [2.75, 3.05) is 5.32 Å². The quantitative estimate of drug-likeness (QED) is 0.816. The van der Waals surface area contributed by atoms with Crippen LogP contribution in [-0.4, -0.2) is 16.0 Å². The van der Waals surface area contributed by atoms with E-state index in [-0.39, 0.29) is 11.8 Å². The summed E-state index contributed by atoms with van der Waals surface area (Å²) in [5, 5.41) is 6.01. The van der Waals surface area contributed by atoms with Crippen molar-refractivity contribution >= 4 is 29.1 Å². The van der Waals surface area contributed by atoms with Gasteiger partial charge in [-0.25, -0.2) is 4.98 Å². The van der Waals surface area contributed by atoms with E-state index in [1.54, 1.807) is 6.20 Å². The van der Waals surface area contributed by atoms with Gasteiger partial charge in [-0.1, -0.05) is 25.3 Å². The number of carbonyl (C=O) groups is 1. The van der Waals surface area contributed by atoms with Gasteiger partial charge in [0.2, 0.25) is 5.91 Å². The molecular weight excluding hydrogens is 258 g/mol. The summed E-state index contributed by atoms with van der Waals surface area (Å²) in [7, 11) is 0. The van der Waals surface area contributed by atoms with Gasteiger partial charge in [-0.05, 0) is 43.6 Å². The van der Waals surface area contributed by atoms with E-state index >= 15 is 0 Å². The number of rotatable bonds is 2. The van der Waals surface area contributed by atoms with Crippen LogP contribution < -0.4 is 10.6 Å². The summed E-state index contributed by atoms with van der Waals surface area (Å²) < 4.78 is 0. The highest BCUT2D eigenvalue weighted by molar-refractivity contribution is 7.80. The zero-order chi connectivity index (χ0) is 13.7. The first-order chi connectivity index (χ1) is 9.15. The Hall–Kier alpha value is -1.49. The van der Waals surface area contributed by atoms with Crippen molar-refractivity contribution in [3.05, 3.63) is 23.9 Å². The number of aromatic nitrogens is 1. The minimum atomic E-state index is 0.0318. The molecule has 0 unspecified atom stereocenters. The van der Waals surface area contributed by atoms with E-state index in [9.17, 15) is 4.79 Å². The van der Waals surface area contributed by atoms with Gasteiger partial charge < -0.3 is 10.6 Å². The molecule has 1 fully saturated rings. The van der Waals surface area contributed by atoms with Crippen molar-refractivity contribution < 1.29 is 4.79 Å². The molecule has 2 rings (SSSR count). The van der Waals surface area contributed by atoms with Crippen LogP contribution in [0.15, 0.2) is 18.3 Å². The van der Waals surface area contributed by atoms with Crippen LogP contribution in [0.5, 0.6) is 0 Å². The number of nitrogens with zero attached hydrogens (tertiary/aromatic N) is 1. The van der Waals surface area contributed by atoms with E-state index < -0.39 is 0 Å². The minimum absolute atomic E-state index is 0.0318. The molecule has 5 heteroatoms. The summed E-state index contributed by atoms with van der Waals surface area (Å²) in [5.41, 5.74) is 1.09. The van der Waals surface area contributed by atoms with Gasteiger partial charge in [0.25, 0.3) is 0 Å². The first-order valence-corrected chi connectivity index (χ1v) is 7.10. The molecule has 1 amide bonds. The van der Waals surface area contributed by atoms with E-state index in [0.29, 0.717) is 10.9 Å². The highest BCUT2D eigenvalue weighted by atomic mass is 32.1. The largest absolute Gasteiger partial charge is 0.317 e. The third-order valence-corrected chi connectivity index (χ3v) is 3.57.